The van der Waals surface area contributed by atoms with E-state index in [4.69, 9.17) is 10.8 Å². The van der Waals surface area contributed by atoms with Crippen LogP contribution in [0.25, 0.3) is 0 Å². The maximum atomic E-state index is 13.5. The number of nitrogens with two attached hydrogens (primary N) is 1. The van der Waals surface area contributed by atoms with Gasteiger partial charge in [0.2, 0.25) is 0 Å². The molecule has 5 heteroatoms. The van der Waals surface area contributed by atoms with Gasteiger partial charge in [-0.2, -0.15) is 0 Å². The molecule has 1 atom stereocenters. The standard InChI is InChI=1S/C13H19FN2O2/c1-8(2)5-10(7-17)16-13(18)11-4-3-9(15)6-12(11)14/h3-4,6,8,10,17H,5,7,15H2,1-2H3,(H,16,18). The van der Waals surface area contributed by atoms with E-state index in [1.54, 1.807) is 0 Å². The number of amides is 1. The second kappa shape index (κ2) is 6.35. The van der Waals surface area contributed by atoms with E-state index in [1.165, 1.54) is 12.1 Å². The van der Waals surface area contributed by atoms with Crippen molar-refractivity contribution in [2.75, 3.05) is 12.3 Å². The average molecular weight is 254 g/mol. The Balaban J connectivity index is 2.74. The summed E-state index contributed by atoms with van der Waals surface area (Å²) in [6, 6.07) is 3.54. The molecule has 0 heterocycles. The van der Waals surface area contributed by atoms with Crippen LogP contribution in [-0.4, -0.2) is 23.7 Å². The summed E-state index contributed by atoms with van der Waals surface area (Å²) in [6.07, 6.45) is 0.638. The van der Waals surface area contributed by atoms with Crippen molar-refractivity contribution in [3.63, 3.8) is 0 Å². The van der Waals surface area contributed by atoms with Crippen molar-refractivity contribution in [2.24, 2.45) is 5.92 Å². The molecule has 0 aromatic heterocycles. The van der Waals surface area contributed by atoms with Crippen LogP contribution in [0.1, 0.15) is 30.6 Å². The Hall–Kier alpha value is -1.62. The molecule has 0 saturated heterocycles. The fourth-order valence-electron chi connectivity index (χ4n) is 1.73. The van der Waals surface area contributed by atoms with Crippen molar-refractivity contribution in [3.05, 3.63) is 29.6 Å². The van der Waals surface area contributed by atoms with Crippen molar-refractivity contribution in [2.45, 2.75) is 26.3 Å². The third kappa shape index (κ3) is 4.00. The second-order valence-corrected chi connectivity index (χ2v) is 4.72. The SMILES string of the molecule is CC(C)CC(CO)NC(=O)c1ccc(N)cc1F. The molecule has 18 heavy (non-hydrogen) atoms. The minimum Gasteiger partial charge on any atom is -0.399 e. The summed E-state index contributed by atoms with van der Waals surface area (Å²) in [5, 5.41) is 11.8. The Morgan fingerprint density at radius 2 is 2.17 bits per heavy atom. The third-order valence-electron chi connectivity index (χ3n) is 2.55. The van der Waals surface area contributed by atoms with E-state index in [1.807, 2.05) is 13.8 Å². The van der Waals surface area contributed by atoms with E-state index in [2.05, 4.69) is 5.32 Å². The first-order valence-electron chi connectivity index (χ1n) is 5.90. The smallest absolute Gasteiger partial charge is 0.254 e. The lowest BCUT2D eigenvalue weighted by molar-refractivity contribution is 0.0904. The molecule has 1 aromatic rings. The van der Waals surface area contributed by atoms with E-state index < -0.39 is 11.7 Å². The molecule has 0 radical (unpaired) electrons. The molecular formula is C13H19FN2O2. The molecule has 0 aliphatic carbocycles. The minimum absolute atomic E-state index is 0.0635. The topological polar surface area (TPSA) is 75.3 Å². The highest BCUT2D eigenvalue weighted by Gasteiger charge is 2.17. The van der Waals surface area contributed by atoms with Gasteiger partial charge in [-0.1, -0.05) is 13.8 Å². The van der Waals surface area contributed by atoms with E-state index in [9.17, 15) is 9.18 Å². The van der Waals surface area contributed by atoms with Crippen LogP contribution < -0.4 is 11.1 Å². The highest BCUT2D eigenvalue weighted by atomic mass is 19.1. The zero-order valence-electron chi connectivity index (χ0n) is 10.6. The largest absolute Gasteiger partial charge is 0.399 e. The number of nitrogens with one attached hydrogen (secondary N) is 1. The second-order valence-electron chi connectivity index (χ2n) is 4.72. The van der Waals surface area contributed by atoms with E-state index in [0.717, 1.165) is 6.07 Å². The van der Waals surface area contributed by atoms with Crippen molar-refractivity contribution in [1.29, 1.82) is 0 Å². The molecule has 4 N–H and O–H groups in total. The van der Waals surface area contributed by atoms with Gasteiger partial charge in [0.25, 0.3) is 5.91 Å². The summed E-state index contributed by atoms with van der Waals surface area (Å²) in [5.41, 5.74) is 5.61. The van der Waals surface area contributed by atoms with Crippen molar-refractivity contribution in [3.8, 4) is 0 Å². The fourth-order valence-corrected chi connectivity index (χ4v) is 1.73. The molecule has 0 spiro atoms. The predicted octanol–water partition coefficient (Wildman–Crippen LogP) is 1.54. The number of aliphatic hydroxyl groups is 1. The Bertz CT molecular complexity index is 421. The van der Waals surface area contributed by atoms with Crippen LogP contribution in [0.5, 0.6) is 0 Å². The number of benzene rings is 1. The van der Waals surface area contributed by atoms with Crippen LogP contribution in [0.3, 0.4) is 0 Å². The molecule has 1 amide bonds. The molecule has 1 aromatic carbocycles. The summed E-state index contributed by atoms with van der Waals surface area (Å²) in [5.74, 6) is -0.861. The molecule has 0 aliphatic rings. The lowest BCUT2D eigenvalue weighted by Crippen LogP contribution is -2.38. The van der Waals surface area contributed by atoms with Gasteiger partial charge < -0.3 is 16.2 Å². The van der Waals surface area contributed by atoms with Gasteiger partial charge in [-0.25, -0.2) is 4.39 Å². The number of nitrogen functional groups attached to an aromatic ring is 1. The molecule has 0 aliphatic heterocycles. The molecule has 1 rings (SSSR count). The maximum Gasteiger partial charge on any atom is 0.254 e. The lowest BCUT2D eigenvalue weighted by atomic mass is 10.0. The van der Waals surface area contributed by atoms with Gasteiger partial charge in [-0.3, -0.25) is 4.79 Å². The van der Waals surface area contributed by atoms with Crippen LogP contribution in [0.4, 0.5) is 10.1 Å². The van der Waals surface area contributed by atoms with E-state index in [-0.39, 0.29) is 23.9 Å². The normalized spacial score (nSPS) is 12.5. The number of hydrogen-bond acceptors (Lipinski definition) is 3. The summed E-state index contributed by atoms with van der Waals surface area (Å²) < 4.78 is 13.5. The first kappa shape index (κ1) is 14.4. The Kier molecular flexibility index (Phi) is 5.09. The van der Waals surface area contributed by atoms with Gasteiger partial charge in [0.1, 0.15) is 5.82 Å². The number of carbonyl (C=O) groups is 1. The zero-order valence-corrected chi connectivity index (χ0v) is 10.6. The van der Waals surface area contributed by atoms with Gasteiger partial charge >= 0.3 is 0 Å². The van der Waals surface area contributed by atoms with Crippen molar-refractivity contribution < 1.29 is 14.3 Å². The minimum atomic E-state index is -0.659. The Morgan fingerprint density at radius 1 is 1.50 bits per heavy atom. The fraction of sp³-hybridized carbons (Fsp3) is 0.462. The molecular weight excluding hydrogens is 235 g/mol. The molecule has 1 unspecified atom stereocenters. The maximum absolute atomic E-state index is 13.5. The molecule has 100 valence electrons. The van der Waals surface area contributed by atoms with Crippen LogP contribution in [0.2, 0.25) is 0 Å². The lowest BCUT2D eigenvalue weighted by Gasteiger charge is -2.18. The van der Waals surface area contributed by atoms with Crippen LogP contribution in [0.15, 0.2) is 18.2 Å². The monoisotopic (exact) mass is 254 g/mol. The number of anilines is 1. The summed E-state index contributed by atoms with van der Waals surface area (Å²) in [4.78, 5) is 11.8. The molecule has 0 bridgehead atoms. The zero-order chi connectivity index (χ0) is 13.7. The molecule has 0 saturated carbocycles. The van der Waals surface area contributed by atoms with Gasteiger partial charge in [0, 0.05) is 5.69 Å². The van der Waals surface area contributed by atoms with E-state index in [0.29, 0.717) is 12.3 Å². The summed E-state index contributed by atoms with van der Waals surface area (Å²) >= 11 is 0. The van der Waals surface area contributed by atoms with Gasteiger partial charge in [-0.15, -0.1) is 0 Å². The first-order chi connectivity index (χ1) is 8.43. The summed E-state index contributed by atoms with van der Waals surface area (Å²) in [7, 11) is 0. The number of aliphatic hydroxyl groups excluding tert-OH is 1. The number of carbonyl (C=O) groups excluding carboxylic acids is 1. The average Bonchev–Trinajstić information content (AvgIpc) is 2.27. The Morgan fingerprint density at radius 3 is 2.67 bits per heavy atom. The van der Waals surface area contributed by atoms with Crippen LogP contribution in [-0.2, 0) is 0 Å². The Labute approximate surface area is 106 Å². The van der Waals surface area contributed by atoms with Gasteiger partial charge in [0.05, 0.1) is 18.2 Å². The first-order valence-corrected chi connectivity index (χ1v) is 5.90. The summed E-state index contributed by atoms with van der Waals surface area (Å²) in [6.45, 7) is 3.80. The number of hydrogen-bond donors (Lipinski definition) is 3. The van der Waals surface area contributed by atoms with Crippen molar-refractivity contribution >= 4 is 11.6 Å². The van der Waals surface area contributed by atoms with Crippen LogP contribution >= 0.6 is 0 Å². The predicted molar refractivity (Wildman–Crippen MR) is 68.6 cm³/mol. The quantitative estimate of drug-likeness (QED) is 0.698. The third-order valence-corrected chi connectivity index (χ3v) is 2.55. The highest BCUT2D eigenvalue weighted by Crippen LogP contribution is 2.12. The highest BCUT2D eigenvalue weighted by molar-refractivity contribution is 5.95. The molecule has 0 fully saturated rings. The number of halogens is 1. The van der Waals surface area contributed by atoms with E-state index >= 15 is 0 Å². The van der Waals surface area contributed by atoms with Gasteiger partial charge in [-0.05, 0) is 30.5 Å². The molecule has 4 nitrogen and oxygen atoms in total. The van der Waals surface area contributed by atoms with Gasteiger partial charge in [0.15, 0.2) is 0 Å². The number of rotatable bonds is 5. The van der Waals surface area contributed by atoms with Crippen molar-refractivity contribution in [1.82, 2.24) is 5.32 Å². The van der Waals surface area contributed by atoms with Crippen LogP contribution in [0, 0.1) is 11.7 Å².